The molecule has 2 amide bonds. The number of hydrogen-bond acceptors (Lipinski definition) is 3. The van der Waals surface area contributed by atoms with E-state index >= 15 is 0 Å². The molecule has 6 nitrogen and oxygen atoms in total. The average Bonchev–Trinajstić information content (AvgIpc) is 3.28. The van der Waals surface area contributed by atoms with Crippen LogP contribution in [-0.4, -0.2) is 20.6 Å². The van der Waals surface area contributed by atoms with Gasteiger partial charge in [-0.3, -0.25) is 0 Å². The quantitative estimate of drug-likeness (QED) is 0.778. The Bertz CT molecular complexity index is 823. The van der Waals surface area contributed by atoms with Crippen molar-refractivity contribution in [2.45, 2.75) is 18.8 Å². The minimum Gasteiger partial charge on any atom is -0.308 e. The van der Waals surface area contributed by atoms with E-state index in [4.69, 9.17) is 0 Å². The highest BCUT2D eigenvalue weighted by Gasteiger charge is 2.28. The predicted octanol–water partition coefficient (Wildman–Crippen LogP) is 3.25. The van der Waals surface area contributed by atoms with Crippen LogP contribution < -0.4 is 10.6 Å². The van der Waals surface area contributed by atoms with Gasteiger partial charge < -0.3 is 10.6 Å². The van der Waals surface area contributed by atoms with Crippen LogP contribution in [0, 0.1) is 0 Å². The number of aromatic nitrogens is 3. The maximum Gasteiger partial charge on any atom is 0.323 e. The number of rotatable bonds is 3. The predicted molar refractivity (Wildman–Crippen MR) is 84.0 cm³/mol. The first-order chi connectivity index (χ1) is 10.8. The Morgan fingerprint density at radius 2 is 1.91 bits per heavy atom. The molecule has 0 unspecified atom stereocenters. The summed E-state index contributed by atoms with van der Waals surface area (Å²) >= 11 is 0. The number of hydrogen-bond donors (Lipinski definition) is 2. The standard InChI is InChI=1S/C16H15N5O/c22-16(17-12-5-2-1-3-6-12)18-13-7-4-10-21-15(13)19-14(20-21)11-8-9-11/h1-7,10-11H,8-9H2,(H2,17,18,22). The first kappa shape index (κ1) is 12.8. The van der Waals surface area contributed by atoms with Crippen molar-refractivity contribution >= 4 is 23.1 Å². The molecule has 1 fully saturated rings. The summed E-state index contributed by atoms with van der Waals surface area (Å²) in [6.07, 6.45) is 4.14. The third-order valence-corrected chi connectivity index (χ3v) is 3.60. The second-order valence-electron chi connectivity index (χ2n) is 5.38. The smallest absolute Gasteiger partial charge is 0.308 e. The molecule has 0 atom stereocenters. The fourth-order valence-corrected chi connectivity index (χ4v) is 2.34. The Morgan fingerprint density at radius 1 is 1.09 bits per heavy atom. The molecular formula is C16H15N5O. The molecule has 2 aromatic heterocycles. The summed E-state index contributed by atoms with van der Waals surface area (Å²) in [5, 5.41) is 10.1. The molecular weight excluding hydrogens is 278 g/mol. The molecule has 1 saturated carbocycles. The largest absolute Gasteiger partial charge is 0.323 e. The SMILES string of the molecule is O=C(Nc1ccccc1)Nc1cccn2nc(C3CC3)nc12. The monoisotopic (exact) mass is 293 g/mol. The lowest BCUT2D eigenvalue weighted by Crippen LogP contribution is -2.19. The van der Waals surface area contributed by atoms with Crippen molar-refractivity contribution in [3.05, 3.63) is 54.5 Å². The van der Waals surface area contributed by atoms with Gasteiger partial charge >= 0.3 is 6.03 Å². The van der Waals surface area contributed by atoms with Gasteiger partial charge in [0.1, 0.15) is 0 Å². The van der Waals surface area contributed by atoms with Crippen LogP contribution in [0.3, 0.4) is 0 Å². The summed E-state index contributed by atoms with van der Waals surface area (Å²) in [7, 11) is 0. The lowest BCUT2D eigenvalue weighted by Gasteiger charge is -2.07. The van der Waals surface area contributed by atoms with E-state index in [1.165, 1.54) is 0 Å². The summed E-state index contributed by atoms with van der Waals surface area (Å²) in [5.41, 5.74) is 2.06. The zero-order chi connectivity index (χ0) is 14.9. The third-order valence-electron chi connectivity index (χ3n) is 3.60. The van der Waals surface area contributed by atoms with Crippen molar-refractivity contribution in [2.24, 2.45) is 0 Å². The van der Waals surface area contributed by atoms with Crippen LogP contribution in [0.15, 0.2) is 48.7 Å². The molecule has 0 bridgehead atoms. The van der Waals surface area contributed by atoms with Crippen LogP contribution in [-0.2, 0) is 0 Å². The Hall–Kier alpha value is -2.89. The van der Waals surface area contributed by atoms with Gasteiger partial charge in [-0.2, -0.15) is 5.10 Å². The fraction of sp³-hybridized carbons (Fsp3) is 0.188. The number of nitrogens with zero attached hydrogens (tertiary/aromatic N) is 3. The molecule has 1 aromatic carbocycles. The highest BCUT2D eigenvalue weighted by molar-refractivity contribution is 6.01. The van der Waals surface area contributed by atoms with E-state index < -0.39 is 0 Å². The summed E-state index contributed by atoms with van der Waals surface area (Å²) in [6.45, 7) is 0. The van der Waals surface area contributed by atoms with Crippen molar-refractivity contribution in [2.75, 3.05) is 10.6 Å². The van der Waals surface area contributed by atoms with Gasteiger partial charge in [-0.05, 0) is 37.1 Å². The molecule has 2 N–H and O–H groups in total. The number of anilines is 2. The topological polar surface area (TPSA) is 71.3 Å². The molecule has 4 rings (SSSR count). The molecule has 0 saturated heterocycles. The van der Waals surface area contributed by atoms with Crippen LogP contribution in [0.4, 0.5) is 16.2 Å². The summed E-state index contributed by atoms with van der Waals surface area (Å²) in [5.74, 6) is 1.34. The average molecular weight is 293 g/mol. The van der Waals surface area contributed by atoms with E-state index in [9.17, 15) is 4.79 Å². The molecule has 3 aromatic rings. The van der Waals surface area contributed by atoms with E-state index in [-0.39, 0.29) is 6.03 Å². The minimum atomic E-state index is -0.296. The molecule has 0 radical (unpaired) electrons. The van der Waals surface area contributed by atoms with Gasteiger partial charge in [-0.1, -0.05) is 18.2 Å². The Labute approximate surface area is 127 Å². The highest BCUT2D eigenvalue weighted by Crippen LogP contribution is 2.38. The van der Waals surface area contributed by atoms with Crippen molar-refractivity contribution in [3.63, 3.8) is 0 Å². The number of carbonyl (C=O) groups is 1. The van der Waals surface area contributed by atoms with Crippen molar-refractivity contribution in [1.82, 2.24) is 14.6 Å². The van der Waals surface area contributed by atoms with E-state index in [0.29, 0.717) is 17.3 Å². The number of carbonyl (C=O) groups excluding carboxylic acids is 1. The van der Waals surface area contributed by atoms with Crippen LogP contribution in [0.1, 0.15) is 24.6 Å². The second-order valence-corrected chi connectivity index (χ2v) is 5.38. The van der Waals surface area contributed by atoms with E-state index in [1.807, 2.05) is 48.7 Å². The lowest BCUT2D eigenvalue weighted by molar-refractivity contribution is 0.262. The molecule has 1 aliphatic carbocycles. The van der Waals surface area contributed by atoms with Crippen LogP contribution in [0.25, 0.3) is 5.65 Å². The lowest BCUT2D eigenvalue weighted by atomic mass is 10.3. The maximum absolute atomic E-state index is 12.1. The molecule has 110 valence electrons. The zero-order valence-electron chi connectivity index (χ0n) is 11.9. The summed E-state index contributed by atoms with van der Waals surface area (Å²) in [4.78, 5) is 16.6. The summed E-state index contributed by atoms with van der Waals surface area (Å²) < 4.78 is 1.71. The molecule has 6 heteroatoms. The van der Waals surface area contributed by atoms with Gasteiger partial charge in [0, 0.05) is 17.8 Å². The first-order valence-corrected chi connectivity index (χ1v) is 7.28. The first-order valence-electron chi connectivity index (χ1n) is 7.28. The number of urea groups is 1. The third kappa shape index (κ3) is 2.50. The van der Waals surface area contributed by atoms with E-state index in [2.05, 4.69) is 20.7 Å². The molecule has 2 heterocycles. The molecule has 0 aliphatic heterocycles. The fourth-order valence-electron chi connectivity index (χ4n) is 2.34. The Morgan fingerprint density at radius 3 is 2.68 bits per heavy atom. The van der Waals surface area contributed by atoms with Crippen LogP contribution >= 0.6 is 0 Å². The number of amides is 2. The van der Waals surface area contributed by atoms with Gasteiger partial charge in [-0.25, -0.2) is 14.3 Å². The maximum atomic E-state index is 12.1. The number of fused-ring (bicyclic) bond motifs is 1. The number of benzene rings is 1. The normalized spacial score (nSPS) is 14.0. The highest BCUT2D eigenvalue weighted by atomic mass is 16.2. The summed E-state index contributed by atoms with van der Waals surface area (Å²) in [6, 6.07) is 12.7. The van der Waals surface area contributed by atoms with Gasteiger partial charge in [-0.15, -0.1) is 0 Å². The number of nitrogens with one attached hydrogen (secondary N) is 2. The van der Waals surface area contributed by atoms with Crippen LogP contribution in [0.5, 0.6) is 0 Å². The number of para-hydroxylation sites is 1. The van der Waals surface area contributed by atoms with Crippen molar-refractivity contribution in [1.29, 1.82) is 0 Å². The second kappa shape index (κ2) is 5.14. The molecule has 22 heavy (non-hydrogen) atoms. The van der Waals surface area contributed by atoms with Gasteiger partial charge in [0.05, 0.1) is 5.69 Å². The molecule has 0 spiro atoms. The van der Waals surface area contributed by atoms with Crippen molar-refractivity contribution in [3.8, 4) is 0 Å². The minimum absolute atomic E-state index is 0.296. The Kier molecular flexibility index (Phi) is 3.00. The van der Waals surface area contributed by atoms with Gasteiger partial charge in [0.25, 0.3) is 0 Å². The number of pyridine rings is 1. The van der Waals surface area contributed by atoms with Gasteiger partial charge in [0.2, 0.25) is 0 Å². The Balaban J connectivity index is 1.57. The van der Waals surface area contributed by atoms with Crippen molar-refractivity contribution < 1.29 is 4.79 Å². The zero-order valence-corrected chi connectivity index (χ0v) is 11.9. The van der Waals surface area contributed by atoms with E-state index in [0.717, 1.165) is 24.4 Å². The van der Waals surface area contributed by atoms with Gasteiger partial charge in [0.15, 0.2) is 11.5 Å². The van der Waals surface area contributed by atoms with E-state index in [1.54, 1.807) is 4.52 Å². The van der Waals surface area contributed by atoms with Crippen LogP contribution in [0.2, 0.25) is 0 Å². The molecule has 1 aliphatic rings.